The molecule has 17 N–H and O–H groups in total. The lowest BCUT2D eigenvalue weighted by atomic mass is 9.94. The Balaban J connectivity index is 1.49. The van der Waals surface area contributed by atoms with Crippen molar-refractivity contribution in [3.8, 4) is 0 Å². The lowest BCUT2D eigenvalue weighted by molar-refractivity contribution is -0.374. The van der Waals surface area contributed by atoms with Gasteiger partial charge in [-0.05, 0) is 0 Å². The first-order valence-electron chi connectivity index (χ1n) is 22.5. The number of ether oxygens (including phenoxy) is 9. The molecule has 5 aliphatic rings. The normalized spacial score (nSPS) is 41.4. The van der Waals surface area contributed by atoms with E-state index in [1.807, 2.05) is 5.32 Å². The Labute approximate surface area is 444 Å². The summed E-state index contributed by atoms with van der Waals surface area (Å²) in [7, 11) is -16.9. The van der Waals surface area contributed by atoms with Crippen molar-refractivity contribution >= 4 is 60.9 Å². The van der Waals surface area contributed by atoms with Crippen LogP contribution in [-0.4, -0.2) is 298 Å². The van der Waals surface area contributed by atoms with Gasteiger partial charge >= 0.3 is 43.1 Å². The van der Waals surface area contributed by atoms with Crippen molar-refractivity contribution in [1.29, 1.82) is 0 Å². The number of hydrogen-bond acceptors (Lipinski definition) is 32. The summed E-state index contributed by atoms with van der Waals surface area (Å²) in [6.07, 6.45) is -52.8. The van der Waals surface area contributed by atoms with Crippen LogP contribution in [0, 0.1) is 0 Å². The van der Waals surface area contributed by atoms with Gasteiger partial charge in [-0.15, -0.1) is 0 Å². The van der Waals surface area contributed by atoms with Gasteiger partial charge in [-0.2, -0.15) is 25.3 Å². The van der Waals surface area contributed by atoms with Gasteiger partial charge in [0.05, 0.1) is 19.8 Å². The van der Waals surface area contributed by atoms with E-state index in [9.17, 15) is 115 Å². The molecule has 5 saturated heterocycles. The van der Waals surface area contributed by atoms with E-state index >= 15 is 0 Å². The second kappa shape index (κ2) is 26.7. The Morgan fingerprint density at radius 2 is 0.835 bits per heavy atom. The second-order valence-electron chi connectivity index (χ2n) is 17.8. The molecule has 79 heavy (non-hydrogen) atoms. The summed E-state index contributed by atoms with van der Waals surface area (Å²) in [6, 6.07) is -6.08. The van der Waals surface area contributed by atoms with Crippen molar-refractivity contribution in [3.63, 3.8) is 0 Å². The van der Waals surface area contributed by atoms with Crippen molar-refractivity contribution in [2.75, 3.05) is 19.8 Å². The summed E-state index contributed by atoms with van der Waals surface area (Å²) in [4.78, 5) is 62.2. The van der Waals surface area contributed by atoms with E-state index in [0.29, 0.717) is 6.92 Å². The van der Waals surface area contributed by atoms with Crippen LogP contribution in [-0.2, 0) is 110 Å². The molecule has 456 valence electrons. The molecule has 5 rings (SSSR count). The highest BCUT2D eigenvalue weighted by Crippen LogP contribution is 2.37. The van der Waals surface area contributed by atoms with Gasteiger partial charge in [0.2, 0.25) is 17.7 Å². The van der Waals surface area contributed by atoms with Gasteiger partial charge in [-0.3, -0.25) is 28.0 Å². The maximum absolute atomic E-state index is 12.8. The van der Waals surface area contributed by atoms with Gasteiger partial charge in [-0.1, -0.05) is 0 Å². The molecule has 0 aromatic rings. The van der Waals surface area contributed by atoms with E-state index in [0.717, 1.165) is 13.8 Å². The number of aliphatic hydroxyl groups excluding tert-OH is 9. The Kier molecular flexibility index (Phi) is 22.3. The largest absolute Gasteiger partial charge is 0.479 e. The minimum Gasteiger partial charge on any atom is -0.479 e. The zero-order valence-corrected chi connectivity index (χ0v) is 42.9. The number of carboxylic acids is 2. The van der Waals surface area contributed by atoms with Crippen LogP contribution >= 0.6 is 0 Å². The van der Waals surface area contributed by atoms with Crippen LogP contribution in [0.15, 0.2) is 0 Å². The number of carbonyl (C=O) groups excluding carboxylic acids is 3. The van der Waals surface area contributed by atoms with Crippen LogP contribution in [0.25, 0.3) is 0 Å². The third-order valence-electron chi connectivity index (χ3n) is 12.1. The van der Waals surface area contributed by atoms with Crippen molar-refractivity contribution in [2.45, 2.75) is 174 Å². The van der Waals surface area contributed by atoms with Crippen LogP contribution < -0.4 is 16.0 Å². The molecule has 0 saturated carbocycles. The minimum absolute atomic E-state index is 0.714. The Bertz CT molecular complexity index is 2500. The smallest absolute Gasteiger partial charge is 0.397 e. The fourth-order valence-electron chi connectivity index (χ4n) is 8.70. The second-order valence-corrected chi connectivity index (χ2v) is 21.0. The molecule has 40 nitrogen and oxygen atoms in total. The molecule has 0 spiro atoms. The fourth-order valence-corrected chi connectivity index (χ4v) is 9.82. The number of aliphatic carboxylic acids is 2. The highest BCUT2D eigenvalue weighted by molar-refractivity contribution is 7.81. The molecule has 43 heteroatoms. The Morgan fingerprint density at radius 3 is 1.27 bits per heavy atom. The zero-order valence-electron chi connectivity index (χ0n) is 40.4. The van der Waals surface area contributed by atoms with Gasteiger partial charge in [0.25, 0.3) is 0 Å². The molecule has 0 aromatic heterocycles. The Hall–Kier alpha value is -3.76. The van der Waals surface area contributed by atoms with Crippen molar-refractivity contribution in [2.24, 2.45) is 0 Å². The predicted octanol–water partition coefficient (Wildman–Crippen LogP) is -11.8. The molecule has 0 bridgehead atoms. The van der Waals surface area contributed by atoms with E-state index < -0.39 is 234 Å². The van der Waals surface area contributed by atoms with E-state index in [1.165, 1.54) is 0 Å². The summed E-state index contributed by atoms with van der Waals surface area (Å²) in [5.41, 5.74) is 0. The van der Waals surface area contributed by atoms with E-state index in [-0.39, 0.29) is 0 Å². The lowest BCUT2D eigenvalue weighted by Crippen LogP contribution is -2.71. The average Bonchev–Trinajstić information content (AvgIpc) is 3.42. The SMILES string of the molecule is CC(=O)N[C@@H]1[C@@H](O)[C@H](O[C@@H]2O[C@H](C(=O)O)[C@@H](O[C@H]3O[C@H](COS(=O)(=O)O)[C@@H](O[C@@H]4O[C@H](C(=O)O)[C@@H](O[C@H]5O[C@H](COS(=O)(=O)O)[C@@H](O)[C@H](O)[C@H]5NC(C)=O)[C@H](O)[C@H]4O)[C@H](OS(=O)(=O)O)[C@H]3NC(C)=O)[C@H](O)[C@H]2O)[C@@H](CO)O[C@@H]1O. The molecule has 3 amide bonds. The minimum atomic E-state index is -5.96. The number of carboxylic acid groups (broad SMARTS) is 2. The van der Waals surface area contributed by atoms with Crippen LogP contribution in [0.4, 0.5) is 0 Å². The molecular formula is C36H57N3O37S3. The van der Waals surface area contributed by atoms with Gasteiger partial charge in [0.15, 0.2) is 43.7 Å². The fraction of sp³-hybridized carbons (Fsp3) is 0.861. The van der Waals surface area contributed by atoms with Crippen molar-refractivity contribution < 1.29 is 174 Å². The first-order valence-corrected chi connectivity index (χ1v) is 26.6. The summed E-state index contributed by atoms with van der Waals surface area (Å²) < 4.78 is 163. The standard InChI is InChI=1S/C36H57N3O37S3/c1-7(41)37-13-18(46)23(10(4-40)67-32(13)55)70-35-21(49)19(47)27(29(74-35)31(53)54)73-34-15(39-9(3)43)25(76-79(62,63)64)24(12(69-34)6-66-78(59,60)61)71-36-22(50)20(48)26(28(75-36)30(51)52)72-33-14(38-8(2)42)17(45)16(44)11(68-33)5-65-77(56,57)58/h10-29,32-36,40,44-50,55H,4-6H2,1-3H3,(H,37,41)(H,38,42)(H,39,43)(H,51,52)(H,53,54)(H,56,57,58)(H,59,60,61)(H,62,63,64)/t10-,11-,12-,13-,14-,15-,16-,17-,18-,19-,20-,21-,22-,23-,24-,25-,26+,27+,28+,29+,32+,33-,34-,35-,36-/m1/s1. The number of amides is 3. The zero-order chi connectivity index (χ0) is 59.5. The molecule has 5 heterocycles. The molecule has 0 radical (unpaired) electrons. The summed E-state index contributed by atoms with van der Waals surface area (Å²) in [6.45, 7) is -1.43. The molecule has 0 aliphatic carbocycles. The number of hydrogen-bond donors (Lipinski definition) is 17. The average molecular weight is 1220 g/mol. The van der Waals surface area contributed by atoms with Crippen LogP contribution in [0.5, 0.6) is 0 Å². The van der Waals surface area contributed by atoms with E-state index in [2.05, 4.69) is 19.0 Å². The number of nitrogens with one attached hydrogen (secondary N) is 3. The van der Waals surface area contributed by atoms with Crippen LogP contribution in [0.3, 0.4) is 0 Å². The first kappa shape index (κ1) is 66.0. The maximum Gasteiger partial charge on any atom is 0.397 e. The molecular weight excluding hydrogens is 1160 g/mol. The number of carbonyl (C=O) groups is 5. The third kappa shape index (κ3) is 16.9. The molecule has 0 unspecified atom stereocenters. The lowest BCUT2D eigenvalue weighted by Gasteiger charge is -2.50. The van der Waals surface area contributed by atoms with Crippen molar-refractivity contribution in [3.05, 3.63) is 0 Å². The maximum atomic E-state index is 12.8. The number of rotatable bonds is 22. The summed E-state index contributed by atoms with van der Waals surface area (Å²) >= 11 is 0. The van der Waals surface area contributed by atoms with Crippen LogP contribution in [0.1, 0.15) is 20.8 Å². The molecule has 5 fully saturated rings. The predicted molar refractivity (Wildman–Crippen MR) is 234 cm³/mol. The monoisotopic (exact) mass is 1220 g/mol. The quantitative estimate of drug-likeness (QED) is 0.0448. The van der Waals surface area contributed by atoms with Gasteiger partial charge in [-0.25, -0.2) is 22.1 Å². The molecule has 0 aromatic carbocycles. The third-order valence-corrected chi connectivity index (χ3v) is 13.4. The Morgan fingerprint density at radius 1 is 0.430 bits per heavy atom. The summed E-state index contributed by atoms with van der Waals surface area (Å²) in [5.74, 6) is -7.29. The first-order chi connectivity index (χ1) is 36.4. The van der Waals surface area contributed by atoms with Crippen LogP contribution in [0.2, 0.25) is 0 Å². The topological polar surface area (TPSA) is 618 Å². The highest BCUT2D eigenvalue weighted by atomic mass is 32.3. The summed E-state index contributed by atoms with van der Waals surface area (Å²) in [5, 5.41) is 125. The van der Waals surface area contributed by atoms with E-state index in [4.69, 9.17) is 51.4 Å². The van der Waals surface area contributed by atoms with E-state index in [1.54, 1.807) is 0 Å². The van der Waals surface area contributed by atoms with Crippen molar-refractivity contribution in [1.82, 2.24) is 16.0 Å². The van der Waals surface area contributed by atoms with Gasteiger partial charge in [0, 0.05) is 20.8 Å². The highest BCUT2D eigenvalue weighted by Gasteiger charge is 2.60. The van der Waals surface area contributed by atoms with Gasteiger partial charge in [0.1, 0.15) is 110 Å². The number of aliphatic hydroxyl groups is 9. The molecule has 25 atom stereocenters. The van der Waals surface area contributed by atoms with Gasteiger partial charge < -0.3 is 115 Å². The molecule has 5 aliphatic heterocycles.